The lowest BCUT2D eigenvalue weighted by Gasteiger charge is -2.11. The Labute approximate surface area is 221 Å². The van der Waals surface area contributed by atoms with Crippen molar-refractivity contribution in [2.75, 3.05) is 11.9 Å². The summed E-state index contributed by atoms with van der Waals surface area (Å²) in [4.78, 5) is 24.8. The van der Waals surface area contributed by atoms with E-state index >= 15 is 0 Å². The normalized spacial score (nSPS) is 11.3. The number of anilines is 1. The minimum atomic E-state index is -4.66. The molecule has 0 fully saturated rings. The average molecular weight is 531 g/mol. The van der Waals surface area contributed by atoms with Gasteiger partial charge in [-0.3, -0.25) is 14.8 Å². The van der Waals surface area contributed by atoms with Crippen molar-refractivity contribution in [3.05, 3.63) is 115 Å². The Hall–Kier alpha value is -5.06. The summed E-state index contributed by atoms with van der Waals surface area (Å²) >= 11 is 0. The van der Waals surface area contributed by atoms with E-state index in [0.29, 0.717) is 35.6 Å². The first-order chi connectivity index (χ1) is 18.9. The second-order valence-electron chi connectivity index (χ2n) is 8.41. The Balaban J connectivity index is 1.27. The Morgan fingerprint density at radius 3 is 2.49 bits per heavy atom. The van der Waals surface area contributed by atoms with Gasteiger partial charge in [0.2, 0.25) is 0 Å². The largest absolute Gasteiger partial charge is 0.493 e. The third-order valence-corrected chi connectivity index (χ3v) is 5.68. The minimum absolute atomic E-state index is 0.0555. The van der Waals surface area contributed by atoms with Gasteiger partial charge in [0.15, 0.2) is 11.5 Å². The number of rotatable bonds is 8. The van der Waals surface area contributed by atoms with Gasteiger partial charge in [-0.25, -0.2) is 9.67 Å². The van der Waals surface area contributed by atoms with E-state index in [4.69, 9.17) is 4.74 Å². The number of carbonyl (C=O) groups excluding carboxylic acids is 1. The molecule has 0 aliphatic rings. The van der Waals surface area contributed by atoms with Gasteiger partial charge in [-0.1, -0.05) is 6.07 Å². The quantitative estimate of drug-likeness (QED) is 0.280. The van der Waals surface area contributed by atoms with Crippen molar-refractivity contribution in [3.8, 4) is 22.8 Å². The Morgan fingerprint density at radius 1 is 0.923 bits per heavy atom. The van der Waals surface area contributed by atoms with Crippen LogP contribution in [0, 0.1) is 0 Å². The highest BCUT2D eigenvalue weighted by Crippen LogP contribution is 2.33. The summed E-state index contributed by atoms with van der Waals surface area (Å²) in [7, 11) is 0. The fraction of sp³-hybridized carbons (Fsp3) is 0.107. The zero-order chi connectivity index (χ0) is 27.2. The van der Waals surface area contributed by atoms with Gasteiger partial charge < -0.3 is 10.1 Å². The second kappa shape index (κ2) is 11.1. The molecule has 0 aliphatic carbocycles. The van der Waals surface area contributed by atoms with Crippen molar-refractivity contribution in [3.63, 3.8) is 0 Å². The van der Waals surface area contributed by atoms with Crippen LogP contribution in [0.1, 0.15) is 21.6 Å². The van der Waals surface area contributed by atoms with E-state index in [-0.39, 0.29) is 11.5 Å². The van der Waals surface area contributed by atoms with E-state index in [0.717, 1.165) is 16.3 Å². The highest BCUT2D eigenvalue weighted by atomic mass is 19.4. The lowest BCUT2D eigenvalue weighted by Crippen LogP contribution is -2.15. The van der Waals surface area contributed by atoms with E-state index in [1.54, 1.807) is 48.8 Å². The molecule has 0 aliphatic heterocycles. The molecule has 0 saturated carbocycles. The zero-order valence-electron chi connectivity index (χ0n) is 20.3. The first kappa shape index (κ1) is 25.6. The van der Waals surface area contributed by atoms with Crippen LogP contribution >= 0.6 is 0 Å². The molecule has 4 aromatic heterocycles. The van der Waals surface area contributed by atoms with Crippen LogP contribution in [0.15, 0.2) is 97.7 Å². The van der Waals surface area contributed by atoms with Crippen molar-refractivity contribution in [1.29, 1.82) is 0 Å². The lowest BCUT2D eigenvalue weighted by atomic mass is 10.2. The van der Waals surface area contributed by atoms with Crippen LogP contribution in [-0.4, -0.2) is 37.2 Å². The van der Waals surface area contributed by atoms with E-state index in [2.05, 4.69) is 25.4 Å². The number of ether oxygens (including phenoxy) is 1. The number of hydrogen-bond acceptors (Lipinski definition) is 6. The fourth-order valence-electron chi connectivity index (χ4n) is 3.76. The number of nitrogens with zero attached hydrogens (tertiary/aromatic N) is 5. The number of hydrogen-bond donors (Lipinski definition) is 1. The van der Waals surface area contributed by atoms with Crippen molar-refractivity contribution in [1.82, 2.24) is 24.7 Å². The number of alkyl halides is 3. The Kier molecular flexibility index (Phi) is 7.30. The smallest absolute Gasteiger partial charge is 0.433 e. The van der Waals surface area contributed by atoms with Crippen LogP contribution in [0.5, 0.6) is 5.75 Å². The molecule has 1 aromatic carbocycles. The van der Waals surface area contributed by atoms with Crippen LogP contribution < -0.4 is 10.1 Å². The molecule has 0 saturated heterocycles. The third kappa shape index (κ3) is 6.27. The van der Waals surface area contributed by atoms with Crippen LogP contribution in [0.25, 0.3) is 17.1 Å². The summed E-state index contributed by atoms with van der Waals surface area (Å²) < 4.78 is 47.7. The van der Waals surface area contributed by atoms with E-state index < -0.39 is 17.8 Å². The van der Waals surface area contributed by atoms with E-state index in [1.165, 1.54) is 30.7 Å². The van der Waals surface area contributed by atoms with Gasteiger partial charge in [0.05, 0.1) is 24.2 Å². The number of benzene rings is 1. The second-order valence-corrected chi connectivity index (χ2v) is 8.41. The number of pyridine rings is 3. The molecule has 5 rings (SSSR count). The summed E-state index contributed by atoms with van der Waals surface area (Å²) in [5.41, 5.74) is 1.31. The van der Waals surface area contributed by atoms with Gasteiger partial charge in [0, 0.05) is 42.3 Å². The van der Waals surface area contributed by atoms with Crippen LogP contribution in [0.2, 0.25) is 0 Å². The SMILES string of the molecule is O=C(Nc1ccc(-n2nc(-c3cccnc3)cc2C(F)(F)F)nc1)c1cccc(OCCc2ccncc2)c1. The van der Waals surface area contributed by atoms with Gasteiger partial charge in [0.25, 0.3) is 5.91 Å². The molecule has 1 amide bonds. The third-order valence-electron chi connectivity index (χ3n) is 5.68. The first-order valence-corrected chi connectivity index (χ1v) is 11.8. The topological polar surface area (TPSA) is 94.8 Å². The Morgan fingerprint density at radius 2 is 1.77 bits per heavy atom. The van der Waals surface area contributed by atoms with Gasteiger partial charge in [-0.2, -0.15) is 18.3 Å². The van der Waals surface area contributed by atoms with Crippen molar-refractivity contribution < 1.29 is 22.7 Å². The van der Waals surface area contributed by atoms with Gasteiger partial charge in [-0.15, -0.1) is 0 Å². The monoisotopic (exact) mass is 530 g/mol. The first-order valence-electron chi connectivity index (χ1n) is 11.8. The maximum atomic E-state index is 13.7. The molecule has 39 heavy (non-hydrogen) atoms. The lowest BCUT2D eigenvalue weighted by molar-refractivity contribution is -0.142. The number of halogens is 3. The molecule has 4 heterocycles. The highest BCUT2D eigenvalue weighted by molar-refractivity contribution is 6.04. The van der Waals surface area contributed by atoms with Gasteiger partial charge in [0.1, 0.15) is 5.75 Å². The number of amides is 1. The van der Waals surface area contributed by atoms with Gasteiger partial charge in [-0.05, 0) is 66.2 Å². The number of aromatic nitrogens is 5. The van der Waals surface area contributed by atoms with Crippen molar-refractivity contribution in [2.45, 2.75) is 12.6 Å². The Bertz CT molecular complexity index is 1560. The minimum Gasteiger partial charge on any atom is -0.493 e. The molecule has 0 spiro atoms. The predicted octanol–water partition coefficient (Wildman–Crippen LogP) is 5.62. The fourth-order valence-corrected chi connectivity index (χ4v) is 3.76. The average Bonchev–Trinajstić information content (AvgIpc) is 3.41. The molecule has 1 N–H and O–H groups in total. The van der Waals surface area contributed by atoms with Crippen LogP contribution in [0.4, 0.5) is 18.9 Å². The van der Waals surface area contributed by atoms with Gasteiger partial charge >= 0.3 is 6.18 Å². The molecule has 0 radical (unpaired) electrons. The summed E-state index contributed by atoms with van der Waals surface area (Å²) in [5, 5.41) is 6.80. The maximum absolute atomic E-state index is 13.7. The van der Waals surface area contributed by atoms with Crippen LogP contribution in [0.3, 0.4) is 0 Å². The number of carbonyl (C=O) groups is 1. The standard InChI is InChI=1S/C28H21F3N6O2/c29-28(30,31)25-16-24(21-4-2-11-33-17-21)36-37(25)26-7-6-22(18-34-26)35-27(38)20-3-1-5-23(15-20)39-14-10-19-8-12-32-13-9-19/h1-9,11-13,15-18H,10,14H2,(H,35,38). The summed E-state index contributed by atoms with van der Waals surface area (Å²) in [6.45, 7) is 0.427. The maximum Gasteiger partial charge on any atom is 0.433 e. The summed E-state index contributed by atoms with van der Waals surface area (Å²) in [6, 6.07) is 17.5. The molecule has 8 nitrogen and oxygen atoms in total. The predicted molar refractivity (Wildman–Crippen MR) is 137 cm³/mol. The van der Waals surface area contributed by atoms with E-state index in [9.17, 15) is 18.0 Å². The molecular formula is C28H21F3N6O2. The molecule has 0 bridgehead atoms. The van der Waals surface area contributed by atoms with Crippen molar-refractivity contribution >= 4 is 11.6 Å². The molecule has 196 valence electrons. The summed E-state index contributed by atoms with van der Waals surface area (Å²) in [6.07, 6.45) is 3.68. The zero-order valence-corrected chi connectivity index (χ0v) is 20.3. The molecule has 11 heteroatoms. The van der Waals surface area contributed by atoms with Crippen LogP contribution in [-0.2, 0) is 12.6 Å². The molecular weight excluding hydrogens is 509 g/mol. The summed E-state index contributed by atoms with van der Waals surface area (Å²) in [5.74, 6) is 0.0612. The van der Waals surface area contributed by atoms with Crippen molar-refractivity contribution in [2.24, 2.45) is 0 Å². The molecule has 5 aromatic rings. The van der Waals surface area contributed by atoms with E-state index in [1.807, 2.05) is 12.1 Å². The number of nitrogens with one attached hydrogen (secondary N) is 1. The molecule has 0 atom stereocenters. The molecule has 0 unspecified atom stereocenters. The highest BCUT2D eigenvalue weighted by Gasteiger charge is 2.36.